The molecule has 8 nitrogen and oxygen atoms in total. The van der Waals surface area contributed by atoms with E-state index < -0.39 is 11.6 Å². The van der Waals surface area contributed by atoms with Crippen molar-refractivity contribution in [1.29, 1.82) is 0 Å². The lowest BCUT2D eigenvalue weighted by Gasteiger charge is -2.03. The van der Waals surface area contributed by atoms with Gasteiger partial charge in [-0.15, -0.1) is 0 Å². The van der Waals surface area contributed by atoms with E-state index in [0.29, 0.717) is 29.4 Å². The van der Waals surface area contributed by atoms with Crippen LogP contribution in [0.4, 0.5) is 8.78 Å². The van der Waals surface area contributed by atoms with Crippen LogP contribution in [0.5, 0.6) is 0 Å². The maximum atomic E-state index is 14.1. The van der Waals surface area contributed by atoms with Crippen molar-refractivity contribution in [2.45, 2.75) is 13.1 Å². The Labute approximate surface area is 197 Å². The third-order valence-electron chi connectivity index (χ3n) is 5.56. The van der Waals surface area contributed by atoms with Crippen molar-refractivity contribution in [1.82, 2.24) is 34.5 Å². The Morgan fingerprint density at radius 3 is 2.60 bits per heavy atom. The van der Waals surface area contributed by atoms with E-state index in [1.807, 2.05) is 41.1 Å². The van der Waals surface area contributed by atoms with Crippen molar-refractivity contribution in [2.24, 2.45) is 0 Å². The molecule has 4 heterocycles. The highest BCUT2D eigenvalue weighted by atomic mass is 19.2. The van der Waals surface area contributed by atoms with Gasteiger partial charge in [-0.3, -0.25) is 4.68 Å². The minimum atomic E-state index is -0.979. The molecule has 0 saturated carbocycles. The first-order chi connectivity index (χ1) is 17.1. The topological polar surface area (TPSA) is 87.5 Å². The summed E-state index contributed by atoms with van der Waals surface area (Å²) in [6.07, 6.45) is 8.66. The summed E-state index contributed by atoms with van der Waals surface area (Å²) in [5.41, 5.74) is 3.79. The highest BCUT2D eigenvalue weighted by Crippen LogP contribution is 2.27. The first-order valence-corrected chi connectivity index (χ1v) is 10.8. The summed E-state index contributed by atoms with van der Waals surface area (Å²) >= 11 is 0. The average molecular weight is 469 g/mol. The Morgan fingerprint density at radius 1 is 0.914 bits per heavy atom. The maximum absolute atomic E-state index is 14.1. The van der Waals surface area contributed by atoms with E-state index in [4.69, 9.17) is 4.52 Å². The monoisotopic (exact) mass is 469 g/mol. The van der Waals surface area contributed by atoms with E-state index in [-0.39, 0.29) is 11.4 Å². The molecule has 2 aliphatic rings. The average Bonchev–Trinajstić information content (AvgIpc) is 3.63. The van der Waals surface area contributed by atoms with Gasteiger partial charge in [-0.05, 0) is 17.7 Å². The molecule has 0 amide bonds. The zero-order chi connectivity index (χ0) is 23.8. The normalized spacial score (nSPS) is 11.4. The molecule has 10 heteroatoms. The van der Waals surface area contributed by atoms with E-state index in [9.17, 15) is 8.78 Å². The number of fused-ring (bicyclic) bond motifs is 1. The zero-order valence-electron chi connectivity index (χ0n) is 18.2. The highest BCUT2D eigenvalue weighted by molar-refractivity contribution is 5.65. The lowest BCUT2D eigenvalue weighted by atomic mass is 10.1. The molecule has 172 valence electrons. The van der Waals surface area contributed by atoms with Crippen LogP contribution >= 0.6 is 0 Å². The Bertz CT molecular complexity index is 1570. The molecule has 2 aliphatic heterocycles. The molecule has 0 atom stereocenters. The van der Waals surface area contributed by atoms with Crippen LogP contribution in [-0.2, 0) is 13.1 Å². The van der Waals surface area contributed by atoms with Crippen molar-refractivity contribution >= 4 is 0 Å². The van der Waals surface area contributed by atoms with Gasteiger partial charge in [0, 0.05) is 30.6 Å². The minimum absolute atomic E-state index is 0.00340. The maximum Gasteiger partial charge on any atom is 0.169 e. The van der Waals surface area contributed by atoms with Gasteiger partial charge in [-0.25, -0.2) is 23.7 Å². The van der Waals surface area contributed by atoms with Gasteiger partial charge in [-0.1, -0.05) is 35.5 Å². The van der Waals surface area contributed by atoms with E-state index >= 15 is 0 Å². The van der Waals surface area contributed by atoms with Gasteiger partial charge in [0.25, 0.3) is 0 Å². The number of halogens is 2. The molecule has 0 fully saturated rings. The SMILES string of the molecule is Fc1cccc(-c2nc3cnn(Cc4cc(-c5ccc(Cn6ccnc6)cc5)no4)cc-3n2)c1F. The van der Waals surface area contributed by atoms with Crippen LogP contribution in [0.15, 0.2) is 84.2 Å². The van der Waals surface area contributed by atoms with E-state index in [0.717, 1.165) is 23.7 Å². The number of benzene rings is 2. The fourth-order valence-electron chi connectivity index (χ4n) is 3.80. The van der Waals surface area contributed by atoms with Crippen molar-refractivity contribution in [3.63, 3.8) is 0 Å². The Kier molecular flexibility index (Phi) is 5.10. The van der Waals surface area contributed by atoms with Gasteiger partial charge in [0.1, 0.15) is 23.6 Å². The van der Waals surface area contributed by atoms with Crippen molar-refractivity contribution in [2.75, 3.05) is 0 Å². The Balaban J connectivity index is 1.19. The number of hydrogen-bond donors (Lipinski definition) is 0. The lowest BCUT2D eigenvalue weighted by Crippen LogP contribution is -2.04. The van der Waals surface area contributed by atoms with Crippen LogP contribution in [0.3, 0.4) is 0 Å². The predicted molar refractivity (Wildman–Crippen MR) is 122 cm³/mol. The molecule has 0 bridgehead atoms. The molecule has 0 aliphatic carbocycles. The zero-order valence-corrected chi connectivity index (χ0v) is 18.2. The van der Waals surface area contributed by atoms with Crippen LogP contribution in [0.1, 0.15) is 11.3 Å². The summed E-state index contributed by atoms with van der Waals surface area (Å²) in [5, 5.41) is 8.50. The van der Waals surface area contributed by atoms with Gasteiger partial charge in [0.15, 0.2) is 23.2 Å². The lowest BCUT2D eigenvalue weighted by molar-refractivity contribution is 0.372. The molecule has 2 aromatic carbocycles. The molecule has 0 spiro atoms. The van der Waals surface area contributed by atoms with Crippen molar-refractivity contribution in [3.8, 4) is 34.0 Å². The molecule has 0 unspecified atom stereocenters. The van der Waals surface area contributed by atoms with Crippen LogP contribution in [0.25, 0.3) is 34.0 Å². The van der Waals surface area contributed by atoms with Crippen LogP contribution < -0.4 is 0 Å². The smallest absolute Gasteiger partial charge is 0.169 e. The predicted octanol–water partition coefficient (Wildman–Crippen LogP) is 4.67. The molecular formula is C25H17F2N7O. The third-order valence-corrected chi connectivity index (χ3v) is 5.56. The van der Waals surface area contributed by atoms with Crippen LogP contribution in [0.2, 0.25) is 0 Å². The molecule has 0 radical (unpaired) electrons. The third kappa shape index (κ3) is 4.17. The standard InChI is InChI=1S/C25H17F2N7O/c26-20-3-1-2-19(24(20)27)25-30-22-11-29-34(14-23(22)31-25)13-18-10-21(32-35-18)17-6-4-16(5-7-17)12-33-9-8-28-15-33/h1-11,14-15H,12-13H2. The molecule has 2 aromatic heterocycles. The number of hydrogen-bond acceptors (Lipinski definition) is 6. The van der Waals surface area contributed by atoms with E-state index in [2.05, 4.69) is 25.2 Å². The number of nitrogens with zero attached hydrogens (tertiary/aromatic N) is 7. The van der Waals surface area contributed by atoms with Gasteiger partial charge in [0.2, 0.25) is 0 Å². The van der Waals surface area contributed by atoms with Gasteiger partial charge in [0.05, 0.1) is 24.3 Å². The summed E-state index contributed by atoms with van der Waals surface area (Å²) in [6.45, 7) is 1.06. The largest absolute Gasteiger partial charge is 0.359 e. The number of aromatic nitrogens is 7. The molecule has 0 saturated heterocycles. The molecule has 0 N–H and O–H groups in total. The van der Waals surface area contributed by atoms with Gasteiger partial charge < -0.3 is 9.09 Å². The summed E-state index contributed by atoms with van der Waals surface area (Å²) in [4.78, 5) is 12.7. The minimum Gasteiger partial charge on any atom is -0.359 e. The second-order valence-corrected chi connectivity index (χ2v) is 8.00. The summed E-state index contributed by atoms with van der Waals surface area (Å²) in [6, 6.07) is 13.8. The van der Waals surface area contributed by atoms with E-state index in [1.165, 1.54) is 18.3 Å². The fourth-order valence-corrected chi connectivity index (χ4v) is 3.80. The molecule has 6 rings (SSSR count). The van der Waals surface area contributed by atoms with E-state index in [1.54, 1.807) is 23.4 Å². The highest BCUT2D eigenvalue weighted by Gasteiger charge is 2.18. The van der Waals surface area contributed by atoms with Crippen LogP contribution in [0, 0.1) is 11.6 Å². The van der Waals surface area contributed by atoms with Crippen LogP contribution in [-0.4, -0.2) is 34.5 Å². The second-order valence-electron chi connectivity index (χ2n) is 8.00. The van der Waals surface area contributed by atoms with Crippen molar-refractivity contribution in [3.05, 3.63) is 103 Å². The molecule has 35 heavy (non-hydrogen) atoms. The molecule has 4 aromatic rings. The first kappa shape index (κ1) is 20.8. The van der Waals surface area contributed by atoms with Gasteiger partial charge >= 0.3 is 0 Å². The van der Waals surface area contributed by atoms with Crippen molar-refractivity contribution < 1.29 is 13.3 Å². The number of rotatable bonds is 6. The Morgan fingerprint density at radius 2 is 1.77 bits per heavy atom. The summed E-state index contributed by atoms with van der Waals surface area (Å²) < 4.78 is 36.8. The Hall–Kier alpha value is -4.73. The quantitative estimate of drug-likeness (QED) is 0.352. The fraction of sp³-hybridized carbons (Fsp3) is 0.0800. The first-order valence-electron chi connectivity index (χ1n) is 10.8. The second kappa shape index (κ2) is 8.56. The van der Waals surface area contributed by atoms with Gasteiger partial charge in [-0.2, -0.15) is 5.10 Å². The summed E-state index contributed by atoms with van der Waals surface area (Å²) in [5.74, 6) is -1.21. The molecular weight excluding hydrogens is 452 g/mol. The number of imidazole rings is 2. The summed E-state index contributed by atoms with van der Waals surface area (Å²) in [7, 11) is 0.